The van der Waals surface area contributed by atoms with E-state index >= 15 is 0 Å². The zero-order valence-corrected chi connectivity index (χ0v) is 7.30. The average molecular weight is 172 g/mol. The van der Waals surface area contributed by atoms with Gasteiger partial charge in [-0.3, -0.25) is 4.79 Å². The van der Waals surface area contributed by atoms with Gasteiger partial charge in [-0.15, -0.1) is 0 Å². The highest BCUT2D eigenvalue weighted by Gasteiger charge is 2.03. The molecule has 0 amide bonds. The Hall–Kier alpha value is -1.12. The lowest BCUT2D eigenvalue weighted by atomic mass is 10.1. The number of halogens is 1. The molecule has 0 unspecified atom stereocenters. The molecule has 0 radical (unpaired) electrons. The van der Waals surface area contributed by atoms with E-state index in [1.165, 1.54) is 13.0 Å². The normalized spacial score (nSPS) is 13.2. The van der Waals surface area contributed by atoms with Crippen molar-refractivity contribution >= 4 is 5.97 Å². The molecule has 68 valence electrons. The summed E-state index contributed by atoms with van der Waals surface area (Å²) in [6.45, 7) is 3.17. The zero-order valence-electron chi connectivity index (χ0n) is 7.30. The van der Waals surface area contributed by atoms with Gasteiger partial charge in [0.15, 0.2) is 0 Å². The molecule has 2 nitrogen and oxygen atoms in total. The zero-order chi connectivity index (χ0) is 9.56. The van der Waals surface area contributed by atoms with E-state index in [9.17, 15) is 9.18 Å². The lowest BCUT2D eigenvalue weighted by Gasteiger charge is -1.97. The topological polar surface area (TPSA) is 37.3 Å². The first-order valence-corrected chi connectivity index (χ1v) is 3.81. The van der Waals surface area contributed by atoms with Gasteiger partial charge in [0.25, 0.3) is 0 Å². The number of carboxylic acids is 1. The number of carbonyl (C=O) groups is 1. The minimum absolute atomic E-state index is 0.240. The van der Waals surface area contributed by atoms with Crippen LogP contribution in [0.2, 0.25) is 0 Å². The van der Waals surface area contributed by atoms with E-state index in [1.54, 1.807) is 6.08 Å². The highest BCUT2D eigenvalue weighted by Crippen LogP contribution is 2.11. The van der Waals surface area contributed by atoms with E-state index in [0.29, 0.717) is 0 Å². The summed E-state index contributed by atoms with van der Waals surface area (Å²) in [6, 6.07) is 0. The monoisotopic (exact) mass is 172 g/mol. The molecular formula is C9H13FO2. The van der Waals surface area contributed by atoms with Gasteiger partial charge >= 0.3 is 5.97 Å². The maximum atomic E-state index is 12.6. The average Bonchev–Trinajstić information content (AvgIpc) is 1.96. The summed E-state index contributed by atoms with van der Waals surface area (Å²) in [5.74, 6) is -1.44. The number of hydrogen-bond donors (Lipinski definition) is 1. The molecule has 3 heteroatoms. The number of aliphatic carboxylic acids is 1. The fraction of sp³-hybridized carbons (Fsp3) is 0.444. The second-order valence-corrected chi connectivity index (χ2v) is 2.44. The molecule has 0 aromatic rings. The second kappa shape index (κ2) is 5.52. The highest BCUT2D eigenvalue weighted by atomic mass is 19.1. The Morgan fingerprint density at radius 3 is 2.50 bits per heavy atom. The molecule has 0 aromatic heterocycles. The van der Waals surface area contributed by atoms with Gasteiger partial charge < -0.3 is 5.11 Å². The minimum atomic E-state index is -1.01. The summed E-state index contributed by atoms with van der Waals surface area (Å²) >= 11 is 0. The predicted molar refractivity (Wildman–Crippen MR) is 45.5 cm³/mol. The van der Waals surface area contributed by atoms with E-state index in [0.717, 1.165) is 6.42 Å². The summed E-state index contributed by atoms with van der Waals surface area (Å²) < 4.78 is 12.6. The molecule has 1 N–H and O–H groups in total. The molecule has 0 spiro atoms. The van der Waals surface area contributed by atoms with Gasteiger partial charge in [0.1, 0.15) is 5.83 Å². The molecule has 0 saturated heterocycles. The van der Waals surface area contributed by atoms with Crippen molar-refractivity contribution in [1.29, 1.82) is 0 Å². The Balaban J connectivity index is 4.37. The van der Waals surface area contributed by atoms with E-state index in [1.807, 2.05) is 6.92 Å². The van der Waals surface area contributed by atoms with Crippen molar-refractivity contribution in [2.75, 3.05) is 0 Å². The maximum Gasteiger partial charge on any atom is 0.307 e. The van der Waals surface area contributed by atoms with Crippen molar-refractivity contribution in [2.24, 2.45) is 0 Å². The third-order valence-electron chi connectivity index (χ3n) is 1.34. The van der Waals surface area contributed by atoms with E-state index in [2.05, 4.69) is 0 Å². The fourth-order valence-electron chi connectivity index (χ4n) is 0.719. The second-order valence-electron chi connectivity index (χ2n) is 2.44. The van der Waals surface area contributed by atoms with Crippen LogP contribution in [0.1, 0.15) is 26.7 Å². The summed E-state index contributed by atoms with van der Waals surface area (Å²) in [5.41, 5.74) is 0.240. The molecule has 12 heavy (non-hydrogen) atoms. The van der Waals surface area contributed by atoms with Crippen LogP contribution < -0.4 is 0 Å². The van der Waals surface area contributed by atoms with Gasteiger partial charge in [-0.25, -0.2) is 4.39 Å². The molecule has 0 heterocycles. The molecule has 0 aromatic carbocycles. The van der Waals surface area contributed by atoms with Crippen LogP contribution in [0.3, 0.4) is 0 Å². The van der Waals surface area contributed by atoms with Crippen LogP contribution in [0, 0.1) is 0 Å². The Labute approximate surface area is 71.4 Å². The Kier molecular flexibility index (Phi) is 5.00. The quantitative estimate of drug-likeness (QED) is 0.662. The third-order valence-corrected chi connectivity index (χ3v) is 1.34. The molecule has 0 bridgehead atoms. The number of allylic oxidation sites excluding steroid dienone is 3. The number of hydrogen-bond acceptors (Lipinski definition) is 1. The van der Waals surface area contributed by atoms with Gasteiger partial charge in [-0.1, -0.05) is 19.1 Å². The number of carboxylic acid groups (broad SMARTS) is 1. The van der Waals surface area contributed by atoms with Gasteiger partial charge in [-0.05, 0) is 18.9 Å². The minimum Gasteiger partial charge on any atom is -0.481 e. The van der Waals surface area contributed by atoms with Crippen LogP contribution >= 0.6 is 0 Å². The Morgan fingerprint density at radius 2 is 2.17 bits per heavy atom. The van der Waals surface area contributed by atoms with Crippen molar-refractivity contribution in [3.63, 3.8) is 0 Å². The summed E-state index contributed by atoms with van der Waals surface area (Å²) in [7, 11) is 0. The maximum absolute atomic E-state index is 12.6. The van der Waals surface area contributed by atoms with Gasteiger partial charge in [0.05, 0.1) is 6.42 Å². The molecule has 0 rings (SSSR count). The Morgan fingerprint density at radius 1 is 1.58 bits per heavy atom. The standard InChI is InChI=1S/C9H13FO2/c1-3-4-5-8(7(2)10)6-9(11)12/h4-5H,3,6H2,1-2H3,(H,11,12)/b5-4-,8-7-. The van der Waals surface area contributed by atoms with Gasteiger partial charge in [0.2, 0.25) is 0 Å². The van der Waals surface area contributed by atoms with Gasteiger partial charge in [0, 0.05) is 0 Å². The highest BCUT2D eigenvalue weighted by molar-refractivity contribution is 5.71. The smallest absolute Gasteiger partial charge is 0.307 e. The summed E-state index contributed by atoms with van der Waals surface area (Å²) in [5, 5.41) is 8.40. The summed E-state index contributed by atoms with van der Waals surface area (Å²) in [4.78, 5) is 10.2. The molecule has 0 fully saturated rings. The molecule has 0 atom stereocenters. The van der Waals surface area contributed by atoms with E-state index < -0.39 is 11.8 Å². The van der Waals surface area contributed by atoms with E-state index in [-0.39, 0.29) is 12.0 Å². The predicted octanol–water partition coefficient (Wildman–Crippen LogP) is 2.67. The van der Waals surface area contributed by atoms with Crippen molar-refractivity contribution in [3.8, 4) is 0 Å². The molecule has 0 saturated carbocycles. The van der Waals surface area contributed by atoms with Crippen molar-refractivity contribution in [3.05, 3.63) is 23.6 Å². The van der Waals surface area contributed by atoms with Crippen molar-refractivity contribution in [1.82, 2.24) is 0 Å². The molecule has 0 aliphatic heterocycles. The lowest BCUT2D eigenvalue weighted by Crippen LogP contribution is -1.96. The largest absolute Gasteiger partial charge is 0.481 e. The molecule has 0 aliphatic carbocycles. The third kappa shape index (κ3) is 4.66. The fourth-order valence-corrected chi connectivity index (χ4v) is 0.719. The lowest BCUT2D eigenvalue weighted by molar-refractivity contribution is -0.136. The number of rotatable bonds is 4. The van der Waals surface area contributed by atoms with Crippen molar-refractivity contribution < 1.29 is 14.3 Å². The molecular weight excluding hydrogens is 159 g/mol. The van der Waals surface area contributed by atoms with Gasteiger partial charge in [-0.2, -0.15) is 0 Å². The molecule has 0 aliphatic rings. The van der Waals surface area contributed by atoms with Crippen LogP contribution in [0.25, 0.3) is 0 Å². The first-order valence-electron chi connectivity index (χ1n) is 3.81. The van der Waals surface area contributed by atoms with E-state index in [4.69, 9.17) is 5.11 Å². The van der Waals surface area contributed by atoms with Crippen LogP contribution in [-0.2, 0) is 4.79 Å². The van der Waals surface area contributed by atoms with Crippen molar-refractivity contribution in [2.45, 2.75) is 26.7 Å². The first-order chi connectivity index (χ1) is 5.57. The first kappa shape index (κ1) is 10.9. The van der Waals surface area contributed by atoms with Crippen LogP contribution in [0.15, 0.2) is 23.6 Å². The Bertz CT molecular complexity index is 213. The van der Waals surface area contributed by atoms with Crippen LogP contribution in [0.4, 0.5) is 4.39 Å². The van der Waals surface area contributed by atoms with Crippen LogP contribution in [-0.4, -0.2) is 11.1 Å². The van der Waals surface area contributed by atoms with Crippen LogP contribution in [0.5, 0.6) is 0 Å². The SMILES string of the molecule is CC/C=C\C(CC(=O)O)=C(/C)F. The summed E-state index contributed by atoms with van der Waals surface area (Å²) in [6.07, 6.45) is 3.78.